The Bertz CT molecular complexity index is 564. The Balaban J connectivity index is 2.05. The lowest BCUT2D eigenvalue weighted by Gasteiger charge is -2.03. The van der Waals surface area contributed by atoms with Crippen LogP contribution in [0.3, 0.4) is 0 Å². The van der Waals surface area contributed by atoms with Gasteiger partial charge in [0.2, 0.25) is 0 Å². The largest absolute Gasteiger partial charge is 0.291 e. The zero-order chi connectivity index (χ0) is 13.1. The van der Waals surface area contributed by atoms with Gasteiger partial charge in [-0.25, -0.2) is 0 Å². The number of hydrogen-bond acceptors (Lipinski definition) is 3. The SMILES string of the molecule is Cn1ncc(Cl)c1C(=O)CSc1cccc(Cl)c1. The highest BCUT2D eigenvalue weighted by Gasteiger charge is 2.15. The third-order valence-corrected chi connectivity index (χ3v) is 3.83. The highest BCUT2D eigenvalue weighted by molar-refractivity contribution is 8.00. The van der Waals surface area contributed by atoms with Crippen molar-refractivity contribution >= 4 is 40.7 Å². The van der Waals surface area contributed by atoms with Crippen LogP contribution < -0.4 is 0 Å². The molecule has 0 aliphatic heterocycles. The average Bonchev–Trinajstić information content (AvgIpc) is 2.66. The zero-order valence-corrected chi connectivity index (χ0v) is 11.9. The Morgan fingerprint density at radius 1 is 1.44 bits per heavy atom. The standard InChI is InChI=1S/C12H10Cl2N2OS/c1-16-12(10(14)6-15-16)11(17)7-18-9-4-2-3-8(13)5-9/h2-6H,7H2,1H3. The number of nitrogens with zero attached hydrogens (tertiary/aromatic N) is 2. The van der Waals surface area contributed by atoms with Crippen LogP contribution >= 0.6 is 35.0 Å². The van der Waals surface area contributed by atoms with Gasteiger partial charge in [-0.2, -0.15) is 5.10 Å². The average molecular weight is 301 g/mol. The first-order chi connectivity index (χ1) is 8.58. The van der Waals surface area contributed by atoms with Gasteiger partial charge in [0, 0.05) is 17.0 Å². The number of Topliss-reactive ketones (excluding diaryl/α,β-unsaturated/α-hetero) is 1. The van der Waals surface area contributed by atoms with Crippen LogP contribution in [-0.2, 0) is 7.05 Å². The minimum Gasteiger partial charge on any atom is -0.291 e. The maximum Gasteiger partial charge on any atom is 0.192 e. The molecule has 2 aromatic rings. The number of aryl methyl sites for hydroxylation is 1. The molecule has 0 unspecified atom stereocenters. The number of ketones is 1. The predicted molar refractivity (Wildman–Crippen MR) is 74.7 cm³/mol. The molecular weight excluding hydrogens is 291 g/mol. The molecular formula is C12H10Cl2N2OS. The maximum atomic E-state index is 12.0. The predicted octanol–water partition coefficient (Wildman–Crippen LogP) is 3.70. The van der Waals surface area contributed by atoms with Gasteiger partial charge in [-0.15, -0.1) is 11.8 Å². The first kappa shape index (κ1) is 13.5. The number of rotatable bonds is 4. The molecule has 1 heterocycles. The summed E-state index contributed by atoms with van der Waals surface area (Å²) >= 11 is 13.2. The summed E-state index contributed by atoms with van der Waals surface area (Å²) in [6.45, 7) is 0. The molecule has 0 fully saturated rings. The van der Waals surface area contributed by atoms with Crippen LogP contribution in [0.2, 0.25) is 10.0 Å². The number of carbonyl (C=O) groups excluding carboxylic acids is 1. The zero-order valence-electron chi connectivity index (χ0n) is 9.56. The molecule has 3 nitrogen and oxygen atoms in total. The van der Waals surface area contributed by atoms with E-state index in [2.05, 4.69) is 5.10 Å². The molecule has 0 radical (unpaired) electrons. The van der Waals surface area contributed by atoms with E-state index < -0.39 is 0 Å². The van der Waals surface area contributed by atoms with Crippen LogP contribution in [0.4, 0.5) is 0 Å². The van der Waals surface area contributed by atoms with Crippen LogP contribution in [0.1, 0.15) is 10.5 Å². The number of halogens is 2. The Morgan fingerprint density at radius 2 is 2.22 bits per heavy atom. The molecule has 0 bridgehead atoms. The third kappa shape index (κ3) is 3.07. The molecule has 0 saturated carbocycles. The Morgan fingerprint density at radius 3 is 2.83 bits per heavy atom. The van der Waals surface area contributed by atoms with Gasteiger partial charge < -0.3 is 0 Å². The molecule has 94 valence electrons. The molecule has 0 aliphatic rings. The van der Waals surface area contributed by atoms with Gasteiger partial charge in [0.25, 0.3) is 0 Å². The van der Waals surface area contributed by atoms with Gasteiger partial charge in [-0.3, -0.25) is 9.48 Å². The highest BCUT2D eigenvalue weighted by atomic mass is 35.5. The van der Waals surface area contributed by atoms with Crippen LogP contribution in [0.25, 0.3) is 0 Å². The van der Waals surface area contributed by atoms with Gasteiger partial charge >= 0.3 is 0 Å². The number of carbonyl (C=O) groups is 1. The summed E-state index contributed by atoms with van der Waals surface area (Å²) in [5.74, 6) is 0.254. The van der Waals surface area contributed by atoms with Crippen molar-refractivity contribution in [2.24, 2.45) is 7.05 Å². The minimum atomic E-state index is -0.0509. The second kappa shape index (κ2) is 5.78. The van der Waals surface area contributed by atoms with E-state index in [4.69, 9.17) is 23.2 Å². The normalized spacial score (nSPS) is 10.6. The summed E-state index contributed by atoms with van der Waals surface area (Å²) in [5, 5.41) is 4.98. The molecule has 6 heteroatoms. The monoisotopic (exact) mass is 300 g/mol. The van der Waals surface area contributed by atoms with Gasteiger partial charge in [-0.05, 0) is 18.2 Å². The van der Waals surface area contributed by atoms with E-state index >= 15 is 0 Å². The van der Waals surface area contributed by atoms with Gasteiger partial charge in [0.1, 0.15) is 5.69 Å². The van der Waals surface area contributed by atoms with E-state index in [1.807, 2.05) is 18.2 Å². The lowest BCUT2D eigenvalue weighted by Crippen LogP contribution is -2.09. The summed E-state index contributed by atoms with van der Waals surface area (Å²) in [4.78, 5) is 13.0. The second-order valence-corrected chi connectivity index (χ2v) is 5.53. The fraction of sp³-hybridized carbons (Fsp3) is 0.167. The molecule has 0 amide bonds. The fourth-order valence-electron chi connectivity index (χ4n) is 1.50. The molecule has 1 aromatic carbocycles. The Kier molecular flexibility index (Phi) is 4.32. The summed E-state index contributed by atoms with van der Waals surface area (Å²) in [6.07, 6.45) is 1.47. The lowest BCUT2D eigenvalue weighted by atomic mass is 10.3. The smallest absolute Gasteiger partial charge is 0.192 e. The first-order valence-corrected chi connectivity index (χ1v) is 6.91. The summed E-state index contributed by atoms with van der Waals surface area (Å²) < 4.78 is 1.49. The molecule has 0 spiro atoms. The molecule has 0 aliphatic carbocycles. The molecule has 1 aromatic heterocycles. The van der Waals surface area contributed by atoms with Gasteiger partial charge in [0.05, 0.1) is 17.0 Å². The van der Waals surface area contributed by atoms with Gasteiger partial charge in [-0.1, -0.05) is 29.3 Å². The van der Waals surface area contributed by atoms with Crippen molar-refractivity contribution < 1.29 is 4.79 Å². The highest BCUT2D eigenvalue weighted by Crippen LogP contribution is 2.24. The molecule has 2 rings (SSSR count). The molecule has 0 saturated heterocycles. The van der Waals surface area contributed by atoms with Crippen molar-refractivity contribution in [3.63, 3.8) is 0 Å². The minimum absolute atomic E-state index is 0.0509. The second-order valence-electron chi connectivity index (χ2n) is 3.63. The van der Waals surface area contributed by atoms with Crippen molar-refractivity contribution in [2.75, 3.05) is 5.75 Å². The van der Waals surface area contributed by atoms with Crippen molar-refractivity contribution in [3.05, 3.63) is 46.2 Å². The van der Waals surface area contributed by atoms with Crippen LogP contribution in [0.15, 0.2) is 35.4 Å². The number of hydrogen-bond donors (Lipinski definition) is 0. The van der Waals surface area contributed by atoms with Crippen molar-refractivity contribution in [1.82, 2.24) is 9.78 Å². The van der Waals surface area contributed by atoms with E-state index in [-0.39, 0.29) is 5.78 Å². The van der Waals surface area contributed by atoms with Crippen molar-refractivity contribution in [2.45, 2.75) is 4.90 Å². The van der Waals surface area contributed by atoms with E-state index in [9.17, 15) is 4.79 Å². The Labute approximate surface area is 119 Å². The number of aromatic nitrogens is 2. The fourth-order valence-corrected chi connectivity index (χ4v) is 2.84. The molecule has 18 heavy (non-hydrogen) atoms. The van der Waals surface area contributed by atoms with E-state index in [0.29, 0.717) is 21.5 Å². The topological polar surface area (TPSA) is 34.9 Å². The third-order valence-electron chi connectivity index (χ3n) is 2.32. The van der Waals surface area contributed by atoms with Crippen molar-refractivity contribution in [1.29, 1.82) is 0 Å². The van der Waals surface area contributed by atoms with Crippen LogP contribution in [-0.4, -0.2) is 21.3 Å². The lowest BCUT2D eigenvalue weighted by molar-refractivity contribution is 0.101. The number of benzene rings is 1. The quantitative estimate of drug-likeness (QED) is 0.638. The Hall–Kier alpha value is -0.970. The first-order valence-electron chi connectivity index (χ1n) is 5.17. The van der Waals surface area contributed by atoms with E-state index in [1.54, 1.807) is 13.1 Å². The van der Waals surface area contributed by atoms with Crippen molar-refractivity contribution in [3.8, 4) is 0 Å². The van der Waals surface area contributed by atoms with E-state index in [0.717, 1.165) is 4.90 Å². The summed E-state index contributed by atoms with van der Waals surface area (Å²) in [7, 11) is 1.70. The van der Waals surface area contributed by atoms with Crippen LogP contribution in [0.5, 0.6) is 0 Å². The maximum absolute atomic E-state index is 12.0. The summed E-state index contributed by atoms with van der Waals surface area (Å²) in [5.41, 5.74) is 0.436. The molecule has 0 atom stereocenters. The molecule has 0 N–H and O–H groups in total. The van der Waals surface area contributed by atoms with E-state index in [1.165, 1.54) is 22.6 Å². The number of thioether (sulfide) groups is 1. The summed E-state index contributed by atoms with van der Waals surface area (Å²) in [6, 6.07) is 7.39. The van der Waals surface area contributed by atoms with Crippen LogP contribution in [0, 0.1) is 0 Å². The van der Waals surface area contributed by atoms with Gasteiger partial charge in [0.15, 0.2) is 5.78 Å².